The molecule has 142 valence electrons. The minimum Gasteiger partial charge on any atom is -0.487 e. The van der Waals surface area contributed by atoms with E-state index in [0.717, 1.165) is 48.0 Å². The number of hydrogen-bond acceptors (Lipinski definition) is 3. The van der Waals surface area contributed by atoms with Crippen molar-refractivity contribution < 1.29 is 4.74 Å². The highest BCUT2D eigenvalue weighted by atomic mass is 35.5. The van der Waals surface area contributed by atoms with Crippen LogP contribution in [0.4, 0.5) is 0 Å². The molecule has 2 aromatic carbocycles. The Morgan fingerprint density at radius 1 is 0.964 bits per heavy atom. The molecular formula is C24H23ClN2O. The lowest BCUT2D eigenvalue weighted by atomic mass is 10.0. The summed E-state index contributed by atoms with van der Waals surface area (Å²) >= 11 is 5.97. The number of ether oxygens (including phenoxy) is 1. The van der Waals surface area contributed by atoms with Crippen molar-refractivity contribution in [2.75, 3.05) is 13.1 Å². The summed E-state index contributed by atoms with van der Waals surface area (Å²) in [4.78, 5) is 6.82. The molecule has 0 amide bonds. The average Bonchev–Trinajstić information content (AvgIpc) is 2.75. The average molecular weight is 391 g/mol. The molecule has 0 radical (unpaired) electrons. The lowest BCUT2D eigenvalue weighted by Crippen LogP contribution is -2.28. The molecule has 0 unspecified atom stereocenters. The van der Waals surface area contributed by atoms with Gasteiger partial charge in [-0.25, -0.2) is 0 Å². The second-order valence-electron chi connectivity index (χ2n) is 7.02. The largest absolute Gasteiger partial charge is 0.487 e. The lowest BCUT2D eigenvalue weighted by molar-refractivity contribution is 0.293. The van der Waals surface area contributed by atoms with E-state index in [1.165, 1.54) is 11.1 Å². The number of rotatable bonds is 6. The van der Waals surface area contributed by atoms with Gasteiger partial charge < -0.3 is 4.74 Å². The fraction of sp³-hybridized carbons (Fsp3) is 0.208. The van der Waals surface area contributed by atoms with Crippen molar-refractivity contribution >= 4 is 17.2 Å². The minimum atomic E-state index is 0.555. The van der Waals surface area contributed by atoms with E-state index in [4.69, 9.17) is 16.3 Å². The molecule has 0 saturated carbocycles. The second kappa shape index (κ2) is 9.05. The van der Waals surface area contributed by atoms with Crippen LogP contribution in [0.3, 0.4) is 0 Å². The molecule has 2 heterocycles. The maximum atomic E-state index is 5.97. The van der Waals surface area contributed by atoms with Crippen LogP contribution in [0.15, 0.2) is 79.1 Å². The first-order valence-corrected chi connectivity index (χ1v) is 9.92. The van der Waals surface area contributed by atoms with Gasteiger partial charge in [-0.1, -0.05) is 60.1 Å². The molecule has 4 heteroatoms. The maximum Gasteiger partial charge on any atom is 0.138 e. The van der Waals surface area contributed by atoms with Gasteiger partial charge in [-0.05, 0) is 46.9 Å². The van der Waals surface area contributed by atoms with Crippen LogP contribution in [0.2, 0.25) is 5.02 Å². The van der Waals surface area contributed by atoms with Gasteiger partial charge in [0.1, 0.15) is 12.4 Å². The molecule has 1 aliphatic heterocycles. The zero-order valence-electron chi connectivity index (χ0n) is 15.7. The number of halogens is 1. The van der Waals surface area contributed by atoms with Gasteiger partial charge in [-0.2, -0.15) is 0 Å². The van der Waals surface area contributed by atoms with E-state index in [9.17, 15) is 0 Å². The molecule has 0 bridgehead atoms. The van der Waals surface area contributed by atoms with E-state index in [0.29, 0.717) is 6.61 Å². The fourth-order valence-electron chi connectivity index (χ4n) is 3.38. The highest BCUT2D eigenvalue weighted by molar-refractivity contribution is 6.30. The highest BCUT2D eigenvalue weighted by Crippen LogP contribution is 2.25. The van der Waals surface area contributed by atoms with Crippen LogP contribution in [0.5, 0.6) is 5.75 Å². The first-order chi connectivity index (χ1) is 13.8. The van der Waals surface area contributed by atoms with Crippen molar-refractivity contribution in [3.63, 3.8) is 0 Å². The topological polar surface area (TPSA) is 25.4 Å². The van der Waals surface area contributed by atoms with Gasteiger partial charge in [0, 0.05) is 30.9 Å². The Morgan fingerprint density at radius 2 is 1.79 bits per heavy atom. The summed E-state index contributed by atoms with van der Waals surface area (Å²) in [5.41, 5.74) is 4.93. The third-order valence-electron chi connectivity index (χ3n) is 4.94. The molecule has 4 rings (SSSR count). The van der Waals surface area contributed by atoms with Crippen molar-refractivity contribution in [3.8, 4) is 5.75 Å². The summed E-state index contributed by atoms with van der Waals surface area (Å²) in [6.07, 6.45) is 7.02. The number of benzene rings is 2. The van der Waals surface area contributed by atoms with Crippen LogP contribution in [0.25, 0.3) is 5.57 Å². The Bertz CT molecular complexity index is 938. The smallest absolute Gasteiger partial charge is 0.138 e. The summed E-state index contributed by atoms with van der Waals surface area (Å²) in [5.74, 6) is 0.811. The van der Waals surface area contributed by atoms with Crippen LogP contribution < -0.4 is 4.74 Å². The van der Waals surface area contributed by atoms with Crippen molar-refractivity contribution in [2.45, 2.75) is 19.6 Å². The maximum absolute atomic E-state index is 5.97. The quantitative estimate of drug-likeness (QED) is 0.547. The first kappa shape index (κ1) is 18.7. The van der Waals surface area contributed by atoms with Gasteiger partial charge in [-0.15, -0.1) is 0 Å². The molecule has 0 spiro atoms. The summed E-state index contributed by atoms with van der Waals surface area (Å²) < 4.78 is 5.92. The molecule has 28 heavy (non-hydrogen) atoms. The van der Waals surface area contributed by atoms with Gasteiger partial charge in [0.25, 0.3) is 0 Å². The minimum absolute atomic E-state index is 0.555. The van der Waals surface area contributed by atoms with Crippen molar-refractivity contribution in [3.05, 3.63) is 101 Å². The van der Waals surface area contributed by atoms with E-state index < -0.39 is 0 Å². The lowest BCUT2D eigenvalue weighted by Gasteiger charge is -2.26. The predicted molar refractivity (Wildman–Crippen MR) is 114 cm³/mol. The van der Waals surface area contributed by atoms with E-state index in [2.05, 4.69) is 46.3 Å². The van der Waals surface area contributed by atoms with Gasteiger partial charge in [-0.3, -0.25) is 9.88 Å². The molecule has 0 saturated heterocycles. The summed E-state index contributed by atoms with van der Waals surface area (Å²) in [6, 6.07) is 20.4. The SMILES string of the molecule is Clc1ccc(CN2CC=C(c3cncc(OCc4ccccc4)c3)CC2)cc1. The third kappa shape index (κ3) is 5.00. The molecule has 3 aromatic rings. The van der Waals surface area contributed by atoms with E-state index >= 15 is 0 Å². The van der Waals surface area contributed by atoms with Crippen LogP contribution in [-0.2, 0) is 13.2 Å². The summed E-state index contributed by atoms with van der Waals surface area (Å²) in [6.45, 7) is 3.47. The Morgan fingerprint density at radius 3 is 2.54 bits per heavy atom. The molecular weight excluding hydrogens is 368 g/mol. The third-order valence-corrected chi connectivity index (χ3v) is 5.20. The molecule has 1 aromatic heterocycles. The van der Waals surface area contributed by atoms with Crippen LogP contribution in [0, 0.1) is 0 Å². The Labute approximate surface area is 171 Å². The molecule has 0 N–H and O–H groups in total. The van der Waals surface area contributed by atoms with Gasteiger partial charge in [0.05, 0.1) is 6.20 Å². The predicted octanol–water partition coefficient (Wildman–Crippen LogP) is 5.60. The first-order valence-electron chi connectivity index (χ1n) is 9.54. The van der Waals surface area contributed by atoms with Crippen LogP contribution in [0.1, 0.15) is 23.1 Å². The fourth-order valence-corrected chi connectivity index (χ4v) is 3.51. The van der Waals surface area contributed by atoms with Crippen LogP contribution >= 0.6 is 11.6 Å². The molecule has 3 nitrogen and oxygen atoms in total. The Kier molecular flexibility index (Phi) is 6.05. The zero-order valence-corrected chi connectivity index (χ0v) is 16.5. The number of nitrogens with zero attached hydrogens (tertiary/aromatic N) is 2. The normalized spacial score (nSPS) is 14.5. The van der Waals surface area contributed by atoms with Gasteiger partial charge in [0.15, 0.2) is 0 Å². The molecule has 1 aliphatic rings. The number of pyridine rings is 1. The van der Waals surface area contributed by atoms with Crippen molar-refractivity contribution in [2.24, 2.45) is 0 Å². The van der Waals surface area contributed by atoms with Crippen LogP contribution in [-0.4, -0.2) is 23.0 Å². The zero-order chi connectivity index (χ0) is 19.2. The number of aromatic nitrogens is 1. The van der Waals surface area contributed by atoms with Gasteiger partial charge in [0.2, 0.25) is 0 Å². The van der Waals surface area contributed by atoms with Crippen molar-refractivity contribution in [1.29, 1.82) is 0 Å². The van der Waals surface area contributed by atoms with E-state index in [1.54, 1.807) is 6.20 Å². The number of hydrogen-bond donors (Lipinski definition) is 0. The van der Waals surface area contributed by atoms with E-state index in [1.807, 2.05) is 36.5 Å². The standard InChI is InChI=1S/C24H23ClN2O/c25-23-8-6-19(7-9-23)17-27-12-10-21(11-13-27)22-14-24(16-26-15-22)28-18-20-4-2-1-3-5-20/h1-10,14-16H,11-13,17-18H2. The highest BCUT2D eigenvalue weighted by Gasteiger charge is 2.14. The Hall–Kier alpha value is -2.62. The molecule has 0 atom stereocenters. The van der Waals surface area contributed by atoms with E-state index in [-0.39, 0.29) is 0 Å². The summed E-state index contributed by atoms with van der Waals surface area (Å²) in [5, 5.41) is 0.784. The molecule has 0 fully saturated rings. The summed E-state index contributed by atoms with van der Waals surface area (Å²) in [7, 11) is 0. The second-order valence-corrected chi connectivity index (χ2v) is 7.46. The molecule has 0 aliphatic carbocycles. The Balaban J connectivity index is 1.36. The van der Waals surface area contributed by atoms with Crippen molar-refractivity contribution in [1.82, 2.24) is 9.88 Å². The van der Waals surface area contributed by atoms with Gasteiger partial charge >= 0.3 is 0 Å². The monoisotopic (exact) mass is 390 g/mol.